The summed E-state index contributed by atoms with van der Waals surface area (Å²) in [5.74, 6) is 0.684. The minimum absolute atomic E-state index is 0.120. The number of ketones is 1. The Balaban J connectivity index is 2.38. The van der Waals surface area contributed by atoms with E-state index in [1.54, 1.807) is 24.3 Å². The fraction of sp³-hybridized carbons (Fsp3) is 0.318. The SMILES string of the molecule is CCCOc1cc(O)c(C(C)(C)C)cc1C=CC(=O)c1ccc(O)cc1. The molecule has 138 valence electrons. The van der Waals surface area contributed by atoms with E-state index in [2.05, 4.69) is 0 Å². The Morgan fingerprint density at radius 2 is 1.77 bits per heavy atom. The number of carbonyl (C=O) groups excluding carboxylic acids is 1. The molecule has 2 rings (SSSR count). The van der Waals surface area contributed by atoms with Gasteiger partial charge in [0.25, 0.3) is 0 Å². The van der Waals surface area contributed by atoms with Crippen molar-refractivity contribution in [3.05, 3.63) is 59.2 Å². The number of rotatable bonds is 6. The third kappa shape index (κ3) is 4.88. The molecule has 0 aliphatic carbocycles. The summed E-state index contributed by atoms with van der Waals surface area (Å²) in [7, 11) is 0. The minimum atomic E-state index is -0.239. The summed E-state index contributed by atoms with van der Waals surface area (Å²) in [6.45, 7) is 8.59. The van der Waals surface area contributed by atoms with Gasteiger partial charge in [0.2, 0.25) is 0 Å². The highest BCUT2D eigenvalue weighted by atomic mass is 16.5. The van der Waals surface area contributed by atoms with E-state index < -0.39 is 0 Å². The lowest BCUT2D eigenvalue weighted by Crippen LogP contribution is -2.12. The van der Waals surface area contributed by atoms with Gasteiger partial charge in [-0.1, -0.05) is 27.7 Å². The summed E-state index contributed by atoms with van der Waals surface area (Å²) in [5.41, 5.74) is 1.79. The number of benzene rings is 2. The molecule has 0 aliphatic heterocycles. The van der Waals surface area contributed by atoms with Gasteiger partial charge in [-0.05, 0) is 54.3 Å². The third-order valence-corrected chi connectivity index (χ3v) is 3.96. The lowest BCUT2D eigenvalue weighted by atomic mass is 9.85. The van der Waals surface area contributed by atoms with E-state index in [-0.39, 0.29) is 22.7 Å². The first kappa shape index (κ1) is 19.6. The van der Waals surface area contributed by atoms with Crippen LogP contribution in [0.3, 0.4) is 0 Å². The number of phenolic OH excluding ortho intramolecular Hbond substituents is 2. The molecule has 0 bridgehead atoms. The zero-order valence-corrected chi connectivity index (χ0v) is 15.7. The van der Waals surface area contributed by atoms with Gasteiger partial charge in [0.15, 0.2) is 5.78 Å². The van der Waals surface area contributed by atoms with Crippen molar-refractivity contribution < 1.29 is 19.7 Å². The van der Waals surface area contributed by atoms with E-state index in [0.29, 0.717) is 17.9 Å². The lowest BCUT2D eigenvalue weighted by Gasteiger charge is -2.22. The molecular formula is C22H26O4. The van der Waals surface area contributed by atoms with Crippen molar-refractivity contribution >= 4 is 11.9 Å². The number of hydrogen-bond acceptors (Lipinski definition) is 4. The number of carbonyl (C=O) groups is 1. The molecule has 2 aromatic rings. The fourth-order valence-electron chi connectivity index (χ4n) is 2.54. The Labute approximate surface area is 154 Å². The van der Waals surface area contributed by atoms with Crippen LogP contribution in [0.25, 0.3) is 6.08 Å². The van der Waals surface area contributed by atoms with Crippen LogP contribution in [0.2, 0.25) is 0 Å². The van der Waals surface area contributed by atoms with Crippen LogP contribution < -0.4 is 4.74 Å². The molecular weight excluding hydrogens is 328 g/mol. The number of ether oxygens (including phenoxy) is 1. The van der Waals surface area contributed by atoms with E-state index in [9.17, 15) is 15.0 Å². The zero-order chi connectivity index (χ0) is 19.3. The largest absolute Gasteiger partial charge is 0.508 e. The third-order valence-electron chi connectivity index (χ3n) is 3.96. The second-order valence-corrected chi connectivity index (χ2v) is 7.25. The molecule has 0 unspecified atom stereocenters. The van der Waals surface area contributed by atoms with Gasteiger partial charge in [0.1, 0.15) is 17.2 Å². The fourth-order valence-corrected chi connectivity index (χ4v) is 2.54. The summed E-state index contributed by atoms with van der Waals surface area (Å²) >= 11 is 0. The van der Waals surface area contributed by atoms with Crippen LogP contribution in [0.4, 0.5) is 0 Å². The van der Waals surface area contributed by atoms with Crippen LogP contribution in [-0.4, -0.2) is 22.6 Å². The van der Waals surface area contributed by atoms with Crippen LogP contribution >= 0.6 is 0 Å². The van der Waals surface area contributed by atoms with E-state index in [0.717, 1.165) is 17.5 Å². The quantitative estimate of drug-likeness (QED) is 0.561. The maximum absolute atomic E-state index is 12.3. The van der Waals surface area contributed by atoms with Crippen molar-refractivity contribution in [1.82, 2.24) is 0 Å². The molecule has 4 nitrogen and oxygen atoms in total. The number of allylic oxidation sites excluding steroid dienone is 1. The number of phenols is 2. The average molecular weight is 354 g/mol. The van der Waals surface area contributed by atoms with Crippen molar-refractivity contribution in [1.29, 1.82) is 0 Å². The summed E-state index contributed by atoms with van der Waals surface area (Å²) < 4.78 is 5.73. The number of hydrogen-bond donors (Lipinski definition) is 2. The molecule has 4 heteroatoms. The Morgan fingerprint density at radius 1 is 1.12 bits per heavy atom. The molecule has 0 heterocycles. The maximum Gasteiger partial charge on any atom is 0.185 e. The molecule has 0 atom stereocenters. The molecule has 0 radical (unpaired) electrons. The van der Waals surface area contributed by atoms with Gasteiger partial charge in [-0.2, -0.15) is 0 Å². The van der Waals surface area contributed by atoms with E-state index in [1.807, 2.05) is 33.8 Å². The van der Waals surface area contributed by atoms with Gasteiger partial charge in [-0.25, -0.2) is 0 Å². The number of aromatic hydroxyl groups is 2. The maximum atomic E-state index is 12.3. The molecule has 26 heavy (non-hydrogen) atoms. The second-order valence-electron chi connectivity index (χ2n) is 7.25. The normalized spacial score (nSPS) is 11.7. The molecule has 0 spiro atoms. The first-order valence-electron chi connectivity index (χ1n) is 8.74. The monoisotopic (exact) mass is 354 g/mol. The standard InChI is InChI=1S/C22H26O4/c1-5-12-26-21-14-20(25)18(22(2,3)4)13-16(21)8-11-19(24)15-6-9-17(23)10-7-15/h6-11,13-14,23,25H,5,12H2,1-4H3. The van der Waals surface area contributed by atoms with Crippen molar-refractivity contribution in [2.24, 2.45) is 0 Å². The van der Waals surface area contributed by atoms with Crippen LogP contribution in [-0.2, 0) is 5.41 Å². The van der Waals surface area contributed by atoms with E-state index in [4.69, 9.17) is 4.74 Å². The summed E-state index contributed by atoms with van der Waals surface area (Å²) in [6, 6.07) is 9.59. The van der Waals surface area contributed by atoms with Crippen LogP contribution in [0.1, 0.15) is 55.6 Å². The minimum Gasteiger partial charge on any atom is -0.508 e. The Morgan fingerprint density at radius 3 is 2.35 bits per heavy atom. The van der Waals surface area contributed by atoms with Crippen LogP contribution in [0.15, 0.2) is 42.5 Å². The molecule has 2 aromatic carbocycles. The van der Waals surface area contributed by atoms with Crippen LogP contribution in [0, 0.1) is 0 Å². The first-order valence-corrected chi connectivity index (χ1v) is 8.74. The molecule has 0 aliphatic rings. The van der Waals surface area contributed by atoms with Crippen molar-refractivity contribution in [3.63, 3.8) is 0 Å². The van der Waals surface area contributed by atoms with E-state index >= 15 is 0 Å². The zero-order valence-electron chi connectivity index (χ0n) is 15.7. The van der Waals surface area contributed by atoms with Gasteiger partial charge < -0.3 is 14.9 Å². The van der Waals surface area contributed by atoms with Gasteiger partial charge in [0, 0.05) is 22.8 Å². The summed E-state index contributed by atoms with van der Waals surface area (Å²) in [5, 5.41) is 19.7. The Bertz CT molecular complexity index is 796. The Kier molecular flexibility index (Phi) is 6.09. The second kappa shape index (κ2) is 8.09. The Hall–Kier alpha value is -2.75. The summed E-state index contributed by atoms with van der Waals surface area (Å²) in [4.78, 5) is 12.3. The average Bonchev–Trinajstić information content (AvgIpc) is 2.58. The smallest absolute Gasteiger partial charge is 0.185 e. The highest BCUT2D eigenvalue weighted by Crippen LogP contribution is 2.36. The molecule has 0 aromatic heterocycles. The molecule has 2 N–H and O–H groups in total. The topological polar surface area (TPSA) is 66.8 Å². The molecule has 0 amide bonds. The van der Waals surface area contributed by atoms with Gasteiger partial charge >= 0.3 is 0 Å². The highest BCUT2D eigenvalue weighted by Gasteiger charge is 2.20. The van der Waals surface area contributed by atoms with Gasteiger partial charge in [0.05, 0.1) is 6.61 Å². The van der Waals surface area contributed by atoms with Gasteiger partial charge in [-0.15, -0.1) is 0 Å². The predicted molar refractivity (Wildman–Crippen MR) is 104 cm³/mol. The highest BCUT2D eigenvalue weighted by molar-refractivity contribution is 6.07. The first-order chi connectivity index (χ1) is 12.2. The van der Waals surface area contributed by atoms with Crippen molar-refractivity contribution in [2.45, 2.75) is 39.5 Å². The molecule has 0 saturated carbocycles. The van der Waals surface area contributed by atoms with Gasteiger partial charge in [-0.3, -0.25) is 4.79 Å². The molecule has 0 saturated heterocycles. The van der Waals surface area contributed by atoms with Crippen molar-refractivity contribution in [3.8, 4) is 17.2 Å². The van der Waals surface area contributed by atoms with Crippen molar-refractivity contribution in [2.75, 3.05) is 6.61 Å². The molecule has 0 fully saturated rings. The van der Waals surface area contributed by atoms with E-state index in [1.165, 1.54) is 18.2 Å². The predicted octanol–water partition coefficient (Wildman–Crippen LogP) is 5.08. The lowest BCUT2D eigenvalue weighted by molar-refractivity contribution is 0.104. The summed E-state index contributed by atoms with van der Waals surface area (Å²) in [6.07, 6.45) is 4.02. The van der Waals surface area contributed by atoms with Crippen LogP contribution in [0.5, 0.6) is 17.2 Å².